The van der Waals surface area contributed by atoms with Crippen molar-refractivity contribution in [1.82, 2.24) is 0 Å². The summed E-state index contributed by atoms with van der Waals surface area (Å²) in [6.45, 7) is 1.72. The van der Waals surface area contributed by atoms with Crippen LogP contribution in [0.2, 0.25) is 0 Å². The zero-order chi connectivity index (χ0) is 19.2. The molecule has 0 bridgehead atoms. The van der Waals surface area contributed by atoms with Gasteiger partial charge in [-0.2, -0.15) is 13.2 Å². The second-order valence-corrected chi connectivity index (χ2v) is 6.41. The van der Waals surface area contributed by atoms with Gasteiger partial charge in [-0.25, -0.2) is 0 Å². The number of benzene rings is 2. The van der Waals surface area contributed by atoms with E-state index in [9.17, 15) is 18.0 Å². The van der Waals surface area contributed by atoms with Crippen molar-refractivity contribution in [2.45, 2.75) is 26.1 Å². The molecule has 0 aliphatic rings. The molecular weight excluding hydrogens is 363 g/mol. The molecule has 0 spiro atoms. The van der Waals surface area contributed by atoms with Gasteiger partial charge < -0.3 is 4.84 Å². The molecule has 2 aromatic carbocycles. The lowest BCUT2D eigenvalue weighted by atomic mass is 10.1. The third kappa shape index (κ3) is 5.62. The van der Waals surface area contributed by atoms with Gasteiger partial charge in [-0.05, 0) is 42.0 Å². The van der Waals surface area contributed by atoms with Crippen molar-refractivity contribution in [2.75, 3.05) is 6.26 Å². The predicted octanol–water partition coefficient (Wildman–Crippen LogP) is 5.08. The Kier molecular flexibility index (Phi) is 6.85. The number of alkyl halides is 3. The highest BCUT2D eigenvalue weighted by atomic mass is 32.2. The Labute approximate surface area is 154 Å². The first-order valence-corrected chi connectivity index (χ1v) is 9.01. The van der Waals surface area contributed by atoms with Crippen LogP contribution in [0.5, 0.6) is 0 Å². The smallest absolute Gasteiger partial charge is 0.391 e. The molecule has 3 nitrogen and oxygen atoms in total. The fraction of sp³-hybridized carbons (Fsp3) is 0.263. The number of carbonyl (C=O) groups is 1. The Balaban J connectivity index is 2.08. The van der Waals surface area contributed by atoms with Gasteiger partial charge in [-0.1, -0.05) is 53.3 Å². The fourth-order valence-electron chi connectivity index (χ4n) is 2.27. The van der Waals surface area contributed by atoms with Crippen molar-refractivity contribution in [1.29, 1.82) is 0 Å². The molecule has 0 saturated heterocycles. The van der Waals surface area contributed by atoms with E-state index in [2.05, 4.69) is 5.16 Å². The van der Waals surface area contributed by atoms with Crippen LogP contribution in [0.15, 0.2) is 53.7 Å². The van der Waals surface area contributed by atoms with Gasteiger partial charge in [0.05, 0.1) is 11.3 Å². The molecule has 0 heterocycles. The zero-order valence-electron chi connectivity index (χ0n) is 14.3. The maximum absolute atomic E-state index is 12.8. The van der Waals surface area contributed by atoms with Gasteiger partial charge >= 0.3 is 6.18 Å². The van der Waals surface area contributed by atoms with E-state index >= 15 is 0 Å². The van der Waals surface area contributed by atoms with E-state index in [1.165, 1.54) is 6.07 Å². The third-order valence-corrected chi connectivity index (χ3v) is 4.31. The van der Waals surface area contributed by atoms with Gasteiger partial charge in [0.15, 0.2) is 5.12 Å². The second-order valence-electron chi connectivity index (χ2n) is 5.55. The van der Waals surface area contributed by atoms with E-state index in [0.717, 1.165) is 35.0 Å². The zero-order valence-corrected chi connectivity index (χ0v) is 15.2. The quantitative estimate of drug-likeness (QED) is 0.517. The van der Waals surface area contributed by atoms with Crippen LogP contribution in [0, 0.1) is 0 Å². The number of hydrogen-bond acceptors (Lipinski definition) is 4. The van der Waals surface area contributed by atoms with Crippen molar-refractivity contribution in [3.63, 3.8) is 0 Å². The molecule has 0 aromatic heterocycles. The number of halogens is 3. The van der Waals surface area contributed by atoms with Crippen molar-refractivity contribution in [2.24, 2.45) is 5.16 Å². The summed E-state index contributed by atoms with van der Waals surface area (Å²) in [7, 11) is 0. The molecule has 138 valence electrons. The minimum Gasteiger partial charge on any atom is -0.391 e. The molecule has 0 aliphatic heterocycles. The number of carbonyl (C=O) groups excluding carboxylic acids is 1. The van der Waals surface area contributed by atoms with E-state index in [-0.39, 0.29) is 18.1 Å². The number of rotatable bonds is 6. The van der Waals surface area contributed by atoms with Crippen LogP contribution in [0.3, 0.4) is 0 Å². The fourth-order valence-corrected chi connectivity index (χ4v) is 2.57. The third-order valence-electron chi connectivity index (χ3n) is 3.71. The first-order chi connectivity index (χ1) is 12.3. The van der Waals surface area contributed by atoms with Crippen LogP contribution < -0.4 is 0 Å². The van der Waals surface area contributed by atoms with E-state index < -0.39 is 11.7 Å². The standard InChI is InChI=1S/C19H18F3NO2S/c1-13(14-8-5-9-17(10-14)19(20,21)22)23-25-12-16-7-4-3-6-15(16)11-18(24)26-2/h3-10H,11-12H2,1-2H3. The SMILES string of the molecule is CSC(=O)Cc1ccccc1CON=C(C)c1cccc(C(F)(F)F)c1. The lowest BCUT2D eigenvalue weighted by Crippen LogP contribution is -2.07. The Hall–Kier alpha value is -2.28. The van der Waals surface area contributed by atoms with Gasteiger partial charge in [0.2, 0.25) is 0 Å². The minimum absolute atomic E-state index is 0.0427. The van der Waals surface area contributed by atoms with Crippen LogP contribution in [0.25, 0.3) is 0 Å². The highest BCUT2D eigenvalue weighted by Gasteiger charge is 2.30. The normalized spacial score (nSPS) is 12.1. The van der Waals surface area contributed by atoms with Crippen LogP contribution in [-0.4, -0.2) is 17.1 Å². The number of hydrogen-bond donors (Lipinski definition) is 0. The average Bonchev–Trinajstić information content (AvgIpc) is 2.62. The highest BCUT2D eigenvalue weighted by molar-refractivity contribution is 8.13. The van der Waals surface area contributed by atoms with E-state index in [4.69, 9.17) is 4.84 Å². The molecule has 2 aromatic rings. The molecule has 0 atom stereocenters. The minimum atomic E-state index is -4.40. The van der Waals surface area contributed by atoms with Crippen molar-refractivity contribution >= 4 is 22.6 Å². The maximum atomic E-state index is 12.8. The molecule has 2 rings (SSSR count). The first-order valence-electron chi connectivity index (χ1n) is 7.79. The van der Waals surface area contributed by atoms with Crippen molar-refractivity contribution < 1.29 is 22.8 Å². The molecule has 0 fully saturated rings. The van der Waals surface area contributed by atoms with Crippen LogP contribution in [0.4, 0.5) is 13.2 Å². The highest BCUT2D eigenvalue weighted by Crippen LogP contribution is 2.29. The number of nitrogens with zero attached hydrogens (tertiary/aromatic N) is 1. The molecule has 0 unspecified atom stereocenters. The van der Waals surface area contributed by atoms with E-state index in [0.29, 0.717) is 11.3 Å². The lowest BCUT2D eigenvalue weighted by Gasteiger charge is -2.09. The molecule has 0 saturated carbocycles. The molecule has 0 N–H and O–H groups in total. The van der Waals surface area contributed by atoms with Gasteiger partial charge in [-0.3, -0.25) is 4.79 Å². The summed E-state index contributed by atoms with van der Waals surface area (Å²) in [5.41, 5.74) is 1.61. The summed E-state index contributed by atoms with van der Waals surface area (Å²) >= 11 is 1.16. The van der Waals surface area contributed by atoms with Crippen LogP contribution in [-0.2, 0) is 28.8 Å². The van der Waals surface area contributed by atoms with Crippen molar-refractivity contribution in [3.8, 4) is 0 Å². The van der Waals surface area contributed by atoms with Crippen LogP contribution >= 0.6 is 11.8 Å². The van der Waals surface area contributed by atoms with Gasteiger partial charge in [-0.15, -0.1) is 0 Å². The van der Waals surface area contributed by atoms with E-state index in [1.807, 2.05) is 24.3 Å². The van der Waals surface area contributed by atoms with Gasteiger partial charge in [0.1, 0.15) is 6.61 Å². The number of thioether (sulfide) groups is 1. The predicted molar refractivity (Wildman–Crippen MR) is 97.1 cm³/mol. The summed E-state index contributed by atoms with van der Waals surface area (Å²) in [6, 6.07) is 12.3. The summed E-state index contributed by atoms with van der Waals surface area (Å²) in [4.78, 5) is 16.9. The first kappa shape index (κ1) is 20.0. The van der Waals surface area contributed by atoms with E-state index in [1.54, 1.807) is 19.2 Å². The average molecular weight is 381 g/mol. The Morgan fingerprint density at radius 1 is 1.12 bits per heavy atom. The Bertz CT molecular complexity index is 803. The lowest BCUT2D eigenvalue weighted by molar-refractivity contribution is -0.137. The topological polar surface area (TPSA) is 38.7 Å². The van der Waals surface area contributed by atoms with Crippen LogP contribution in [0.1, 0.15) is 29.2 Å². The Morgan fingerprint density at radius 2 is 1.81 bits per heavy atom. The second kappa shape index (κ2) is 8.89. The largest absolute Gasteiger partial charge is 0.416 e. The van der Waals surface area contributed by atoms with Gasteiger partial charge in [0, 0.05) is 6.42 Å². The molecular formula is C19H18F3NO2S. The summed E-state index contributed by atoms with van der Waals surface area (Å²) in [5, 5.41) is 3.96. The monoisotopic (exact) mass is 381 g/mol. The van der Waals surface area contributed by atoms with Crippen molar-refractivity contribution in [3.05, 3.63) is 70.8 Å². The maximum Gasteiger partial charge on any atom is 0.416 e. The summed E-state index contributed by atoms with van der Waals surface area (Å²) < 4.78 is 38.3. The summed E-state index contributed by atoms with van der Waals surface area (Å²) in [6.07, 6.45) is -2.39. The molecule has 0 aliphatic carbocycles. The van der Waals surface area contributed by atoms with Gasteiger partial charge in [0.25, 0.3) is 0 Å². The molecule has 0 amide bonds. The summed E-state index contributed by atoms with van der Waals surface area (Å²) in [5.74, 6) is 0. The molecule has 0 radical (unpaired) electrons. The molecule has 26 heavy (non-hydrogen) atoms. The molecule has 7 heteroatoms. The Morgan fingerprint density at radius 3 is 2.46 bits per heavy atom. The number of oxime groups is 1.